The van der Waals surface area contributed by atoms with Crippen molar-refractivity contribution in [2.75, 3.05) is 49.7 Å². The highest BCUT2D eigenvalue weighted by Crippen LogP contribution is 2.31. The number of rotatable bonds is 17. The Bertz CT molecular complexity index is 2240. The fourth-order valence-electron chi connectivity index (χ4n) is 6.74. The maximum absolute atomic E-state index is 13.4. The fraction of sp³-hybridized carbons (Fsp3) is 0.279. The minimum absolute atomic E-state index is 0.140. The molecule has 1 aliphatic rings. The molecule has 0 bridgehead atoms. The second kappa shape index (κ2) is 19.5. The van der Waals surface area contributed by atoms with Crippen molar-refractivity contribution in [3.63, 3.8) is 0 Å². The Kier molecular flexibility index (Phi) is 14.3. The van der Waals surface area contributed by atoms with Crippen LogP contribution >= 0.6 is 23.4 Å². The highest BCUT2D eigenvalue weighted by molar-refractivity contribution is 7.99. The van der Waals surface area contributed by atoms with Crippen molar-refractivity contribution >= 4 is 56.4 Å². The van der Waals surface area contributed by atoms with Crippen LogP contribution in [0.4, 0.5) is 17.1 Å². The van der Waals surface area contributed by atoms with E-state index in [1.807, 2.05) is 91.8 Å². The van der Waals surface area contributed by atoms with Crippen molar-refractivity contribution in [2.24, 2.45) is 0 Å². The molecule has 0 radical (unpaired) electrons. The van der Waals surface area contributed by atoms with Gasteiger partial charge in [-0.1, -0.05) is 66.2 Å². The van der Waals surface area contributed by atoms with Gasteiger partial charge in [-0.3, -0.25) is 14.9 Å². The number of amides is 1. The molecule has 1 heterocycles. The lowest BCUT2D eigenvalue weighted by Crippen LogP contribution is -2.42. The van der Waals surface area contributed by atoms with Gasteiger partial charge in [0.15, 0.2) is 0 Å². The van der Waals surface area contributed by atoms with Gasteiger partial charge in [0.05, 0.1) is 9.82 Å². The number of nitro benzene ring substituents is 1. The molecule has 3 N–H and O–H groups in total. The van der Waals surface area contributed by atoms with Gasteiger partial charge in [-0.05, 0) is 117 Å². The Labute approximate surface area is 344 Å². The number of sulfonamides is 1. The van der Waals surface area contributed by atoms with Crippen LogP contribution in [0.3, 0.4) is 0 Å². The van der Waals surface area contributed by atoms with Crippen LogP contribution < -0.4 is 20.3 Å². The first kappa shape index (κ1) is 41.7. The molecule has 1 amide bonds. The molecule has 6 rings (SSSR count). The van der Waals surface area contributed by atoms with E-state index in [1.54, 1.807) is 23.9 Å². The zero-order valence-corrected chi connectivity index (χ0v) is 34.3. The first-order valence-corrected chi connectivity index (χ1v) is 21.7. The maximum Gasteiger partial charge on any atom is 0.293 e. The summed E-state index contributed by atoms with van der Waals surface area (Å²) in [5.74, 6) is -0.184. The number of thioether (sulfide) groups is 1. The van der Waals surface area contributed by atoms with E-state index >= 15 is 0 Å². The first-order chi connectivity index (χ1) is 27.4. The summed E-state index contributed by atoms with van der Waals surface area (Å²) in [6, 6.07) is 36.8. The van der Waals surface area contributed by atoms with E-state index in [1.165, 1.54) is 23.3 Å². The van der Waals surface area contributed by atoms with Crippen LogP contribution in [-0.2, 0) is 16.6 Å². The highest BCUT2D eigenvalue weighted by Gasteiger charge is 2.26. The quantitative estimate of drug-likeness (QED) is 0.0477. The van der Waals surface area contributed by atoms with E-state index < -0.39 is 26.5 Å². The Morgan fingerprint density at radius 3 is 2.30 bits per heavy atom. The zero-order valence-electron chi connectivity index (χ0n) is 31.9. The number of nitrogens with one attached hydrogen (secondary N) is 3. The Morgan fingerprint density at radius 2 is 1.61 bits per heavy atom. The number of halogens is 1. The van der Waals surface area contributed by atoms with Gasteiger partial charge < -0.3 is 20.4 Å². The number of nitro groups is 1. The van der Waals surface area contributed by atoms with Crippen LogP contribution in [0.15, 0.2) is 131 Å². The number of anilines is 2. The van der Waals surface area contributed by atoms with Crippen LogP contribution in [-0.4, -0.2) is 75.7 Å². The molecule has 0 spiro atoms. The van der Waals surface area contributed by atoms with Crippen molar-refractivity contribution in [2.45, 2.75) is 47.7 Å². The van der Waals surface area contributed by atoms with Crippen molar-refractivity contribution in [3.05, 3.63) is 148 Å². The normalized spacial score (nSPS) is 14.0. The number of nitrogens with zero attached hydrogens (tertiary/aromatic N) is 3. The lowest BCUT2D eigenvalue weighted by Gasteiger charge is -2.34. The molecular weight excluding hydrogens is 780 g/mol. The van der Waals surface area contributed by atoms with E-state index in [4.69, 9.17) is 11.6 Å². The van der Waals surface area contributed by atoms with E-state index in [2.05, 4.69) is 38.5 Å². The van der Waals surface area contributed by atoms with Crippen LogP contribution in [0.5, 0.6) is 0 Å². The van der Waals surface area contributed by atoms with Crippen molar-refractivity contribution in [3.8, 4) is 11.1 Å². The van der Waals surface area contributed by atoms with Crippen LogP contribution in [0.2, 0.25) is 5.02 Å². The van der Waals surface area contributed by atoms with Crippen molar-refractivity contribution in [1.82, 2.24) is 14.9 Å². The second-order valence-corrected chi connectivity index (χ2v) is 17.5. The standard InChI is InChI=1S/C43H47ClN6O5S2/c1-48(2)25-22-36(30-56-38-9-4-3-5-10-38)46-41-21-20-39(28-42(41)50(52)53)57(54,55)47-43(51)32-14-18-37(19-15-32)49-26-23-35(24-27-49)45-29-33-8-6-7-11-40(33)31-12-16-34(44)17-13-31/h3-21,28,35-36,45-46H,22-27,29-30H2,1-2H3,(H,47,51)/t36-/m0/s1. The van der Waals surface area contributed by atoms with Gasteiger partial charge in [-0.15, -0.1) is 11.8 Å². The predicted octanol–water partition coefficient (Wildman–Crippen LogP) is 8.32. The highest BCUT2D eigenvalue weighted by atomic mass is 35.5. The number of carbonyl (C=O) groups excluding carboxylic acids is 1. The zero-order chi connectivity index (χ0) is 40.4. The van der Waals surface area contributed by atoms with Crippen LogP contribution in [0.1, 0.15) is 35.2 Å². The molecule has 14 heteroatoms. The average molecular weight is 827 g/mol. The molecule has 1 atom stereocenters. The Morgan fingerprint density at radius 1 is 0.930 bits per heavy atom. The lowest BCUT2D eigenvalue weighted by atomic mass is 9.98. The summed E-state index contributed by atoms with van der Waals surface area (Å²) in [6.07, 6.45) is 2.58. The average Bonchev–Trinajstić information content (AvgIpc) is 3.22. The molecule has 0 saturated carbocycles. The largest absolute Gasteiger partial charge is 0.376 e. The van der Waals surface area contributed by atoms with Crippen LogP contribution in [0, 0.1) is 10.1 Å². The molecule has 0 aliphatic carbocycles. The summed E-state index contributed by atoms with van der Waals surface area (Å²) >= 11 is 7.74. The summed E-state index contributed by atoms with van der Waals surface area (Å²) in [4.78, 5) is 29.7. The third-order valence-corrected chi connectivity index (χ3v) is 12.7. The molecule has 1 fully saturated rings. The van der Waals surface area contributed by atoms with Gasteiger partial charge in [0.1, 0.15) is 5.69 Å². The Hall–Kier alpha value is -4.92. The van der Waals surface area contributed by atoms with E-state index in [-0.39, 0.29) is 22.2 Å². The molecule has 298 valence electrons. The van der Waals surface area contributed by atoms with Gasteiger partial charge >= 0.3 is 0 Å². The smallest absolute Gasteiger partial charge is 0.293 e. The van der Waals surface area contributed by atoms with E-state index in [9.17, 15) is 23.3 Å². The monoisotopic (exact) mass is 826 g/mol. The SMILES string of the molecule is CN(C)CC[C@@H](CSc1ccccc1)Nc1ccc(S(=O)(=O)NC(=O)c2ccc(N3CCC(NCc4ccccc4-c4ccc(Cl)cc4)CC3)cc2)cc1[N+](=O)[O-]. The topological polar surface area (TPSA) is 137 Å². The van der Waals surface area contributed by atoms with Crippen LogP contribution in [0.25, 0.3) is 11.1 Å². The maximum atomic E-state index is 13.4. The van der Waals surface area contributed by atoms with Gasteiger partial charge in [0.2, 0.25) is 0 Å². The molecule has 11 nitrogen and oxygen atoms in total. The Balaban J connectivity index is 1.03. The number of carbonyl (C=O) groups is 1. The summed E-state index contributed by atoms with van der Waals surface area (Å²) in [5, 5.41) is 19.9. The van der Waals surface area contributed by atoms with Crippen molar-refractivity contribution < 1.29 is 18.1 Å². The van der Waals surface area contributed by atoms with Gasteiger partial charge in [0, 0.05) is 64.7 Å². The molecule has 0 unspecified atom stereocenters. The molecule has 1 aliphatic heterocycles. The predicted molar refractivity (Wildman–Crippen MR) is 231 cm³/mol. The number of benzene rings is 5. The number of hydrogen-bond acceptors (Lipinski definition) is 10. The second-order valence-electron chi connectivity index (χ2n) is 14.3. The van der Waals surface area contributed by atoms with Gasteiger partial charge in [-0.2, -0.15) is 0 Å². The summed E-state index contributed by atoms with van der Waals surface area (Å²) < 4.78 is 28.8. The third kappa shape index (κ3) is 11.6. The molecule has 57 heavy (non-hydrogen) atoms. The molecule has 1 saturated heterocycles. The van der Waals surface area contributed by atoms with Gasteiger partial charge in [-0.25, -0.2) is 13.1 Å². The third-order valence-electron chi connectivity index (χ3n) is 9.93. The molecule has 5 aromatic rings. The summed E-state index contributed by atoms with van der Waals surface area (Å²) in [6.45, 7) is 3.14. The molecule has 5 aromatic carbocycles. The number of hydrogen-bond donors (Lipinski definition) is 3. The minimum atomic E-state index is -4.42. The first-order valence-electron chi connectivity index (χ1n) is 18.8. The fourth-order valence-corrected chi connectivity index (χ4v) is 8.85. The van der Waals surface area contributed by atoms with Gasteiger partial charge in [0.25, 0.3) is 21.6 Å². The van der Waals surface area contributed by atoms with Crippen molar-refractivity contribution in [1.29, 1.82) is 0 Å². The number of piperidine rings is 1. The van der Waals surface area contributed by atoms with E-state index in [0.717, 1.165) is 61.2 Å². The summed E-state index contributed by atoms with van der Waals surface area (Å²) in [5.41, 5.74) is 4.43. The lowest BCUT2D eigenvalue weighted by molar-refractivity contribution is -0.384. The molecular formula is C43H47ClN6O5S2. The summed E-state index contributed by atoms with van der Waals surface area (Å²) in [7, 11) is -0.506. The van der Waals surface area contributed by atoms with E-state index in [0.29, 0.717) is 23.2 Å². The molecule has 0 aromatic heterocycles. The minimum Gasteiger partial charge on any atom is -0.376 e.